The molecule has 4 heterocycles. The van der Waals surface area contributed by atoms with Crippen molar-refractivity contribution in [2.24, 2.45) is 0 Å². The van der Waals surface area contributed by atoms with E-state index in [0.29, 0.717) is 35.6 Å². The number of benzene rings is 2. The molecule has 0 atom stereocenters. The van der Waals surface area contributed by atoms with Crippen LogP contribution in [0.3, 0.4) is 0 Å². The van der Waals surface area contributed by atoms with E-state index in [9.17, 15) is 9.59 Å². The zero-order valence-electron chi connectivity index (χ0n) is 16.6. The molecule has 8 heteroatoms. The van der Waals surface area contributed by atoms with Gasteiger partial charge in [0.25, 0.3) is 11.8 Å². The van der Waals surface area contributed by atoms with Crippen LogP contribution < -0.4 is 0 Å². The Morgan fingerprint density at radius 1 is 1.06 bits per heavy atom. The highest BCUT2D eigenvalue weighted by Gasteiger charge is 2.45. The average Bonchev–Trinajstić information content (AvgIpc) is 3.19. The van der Waals surface area contributed by atoms with Crippen LogP contribution >= 0.6 is 38.9 Å². The molecule has 1 aromatic heterocycles. The van der Waals surface area contributed by atoms with Crippen LogP contribution in [0.15, 0.2) is 46.9 Å². The molecule has 2 amide bonds. The fourth-order valence-electron chi connectivity index (χ4n) is 4.73. The summed E-state index contributed by atoms with van der Waals surface area (Å²) in [6, 6.07) is 14.4. The van der Waals surface area contributed by atoms with Crippen molar-refractivity contribution in [3.63, 3.8) is 0 Å². The number of likely N-dealkylation sites (tertiary alicyclic amines) is 2. The minimum atomic E-state index is 0.0146. The van der Waals surface area contributed by atoms with Gasteiger partial charge in [-0.2, -0.15) is 0 Å². The number of carbonyl (C=O) groups is 2. The van der Waals surface area contributed by atoms with Crippen LogP contribution in [-0.2, 0) is 6.54 Å². The Labute approximate surface area is 197 Å². The number of thiophene rings is 1. The number of nitrogens with zero attached hydrogens (tertiary/aromatic N) is 3. The molecule has 0 radical (unpaired) electrons. The first-order valence-electron chi connectivity index (χ1n) is 10.3. The molecule has 0 spiro atoms. The minimum absolute atomic E-state index is 0.0146. The Bertz CT molecular complexity index is 1230. The van der Waals surface area contributed by atoms with Gasteiger partial charge in [0.05, 0.1) is 11.1 Å². The summed E-state index contributed by atoms with van der Waals surface area (Å²) in [4.78, 5) is 32.5. The van der Waals surface area contributed by atoms with Gasteiger partial charge in [-0.15, -0.1) is 11.3 Å². The van der Waals surface area contributed by atoms with E-state index >= 15 is 0 Å². The quantitative estimate of drug-likeness (QED) is 0.516. The first-order chi connectivity index (χ1) is 15.0. The molecule has 3 aromatic rings. The highest BCUT2D eigenvalue weighted by molar-refractivity contribution is 9.10. The van der Waals surface area contributed by atoms with Gasteiger partial charge in [-0.05, 0) is 23.8 Å². The van der Waals surface area contributed by atoms with Crippen molar-refractivity contribution in [1.82, 2.24) is 14.7 Å². The molecule has 0 unspecified atom stereocenters. The molecule has 0 bridgehead atoms. The van der Waals surface area contributed by atoms with Crippen molar-refractivity contribution in [3.8, 4) is 0 Å². The lowest BCUT2D eigenvalue weighted by Crippen LogP contribution is -2.70. The van der Waals surface area contributed by atoms with Crippen molar-refractivity contribution >= 4 is 60.8 Å². The molecule has 2 fully saturated rings. The van der Waals surface area contributed by atoms with Gasteiger partial charge < -0.3 is 9.80 Å². The summed E-state index contributed by atoms with van der Waals surface area (Å²) in [6.45, 7) is 3.90. The molecule has 158 valence electrons. The third-order valence-electron chi connectivity index (χ3n) is 6.63. The van der Waals surface area contributed by atoms with E-state index in [2.05, 4.69) is 20.8 Å². The van der Waals surface area contributed by atoms with Gasteiger partial charge >= 0.3 is 0 Å². The Morgan fingerprint density at radius 2 is 1.84 bits per heavy atom. The summed E-state index contributed by atoms with van der Waals surface area (Å²) in [7, 11) is 0. The fourth-order valence-corrected chi connectivity index (χ4v) is 6.76. The third kappa shape index (κ3) is 3.13. The summed E-state index contributed by atoms with van der Waals surface area (Å²) >= 11 is 11.4. The number of fused-ring (bicyclic) bond motifs is 2. The molecule has 2 saturated heterocycles. The molecule has 0 aliphatic carbocycles. The van der Waals surface area contributed by atoms with E-state index in [1.807, 2.05) is 52.3 Å². The van der Waals surface area contributed by atoms with Crippen LogP contribution in [0.1, 0.15) is 25.6 Å². The van der Waals surface area contributed by atoms with E-state index in [0.717, 1.165) is 38.8 Å². The maximum atomic E-state index is 13.0. The van der Waals surface area contributed by atoms with Crippen molar-refractivity contribution in [2.45, 2.75) is 18.6 Å². The lowest BCUT2D eigenvalue weighted by Gasteiger charge is -2.53. The van der Waals surface area contributed by atoms with Gasteiger partial charge in [0, 0.05) is 58.9 Å². The van der Waals surface area contributed by atoms with Crippen molar-refractivity contribution in [3.05, 3.63) is 68.0 Å². The van der Waals surface area contributed by atoms with Crippen LogP contribution in [0.4, 0.5) is 0 Å². The number of hydrogen-bond donors (Lipinski definition) is 0. The standard InChI is InChI=1S/C23H19BrClN3O2S/c24-14-5-6-18-19(7-14)31-21(20(18)25)23(30)27-9-15(10-27)26-11-16(12-26)28-8-13-3-1-2-4-17(13)22(28)29/h1-7,15-16H,8-12H2. The lowest BCUT2D eigenvalue weighted by molar-refractivity contribution is -0.0363. The Kier molecular flexibility index (Phi) is 4.65. The summed E-state index contributed by atoms with van der Waals surface area (Å²) in [6.07, 6.45) is 0. The Hall–Kier alpha value is -1.93. The third-order valence-corrected chi connectivity index (χ3v) is 8.77. The predicted molar refractivity (Wildman–Crippen MR) is 126 cm³/mol. The second kappa shape index (κ2) is 7.30. The van der Waals surface area contributed by atoms with Crippen LogP contribution in [0, 0.1) is 0 Å². The van der Waals surface area contributed by atoms with E-state index in [1.165, 1.54) is 11.3 Å². The lowest BCUT2D eigenvalue weighted by atomic mass is 9.98. The average molecular weight is 517 g/mol. The summed E-state index contributed by atoms with van der Waals surface area (Å²) in [5.74, 6) is 0.164. The molecule has 6 rings (SSSR count). The first-order valence-corrected chi connectivity index (χ1v) is 12.3. The summed E-state index contributed by atoms with van der Waals surface area (Å²) in [5, 5.41) is 1.48. The first kappa shape index (κ1) is 19.7. The SMILES string of the molecule is O=C(c1sc2cc(Br)ccc2c1Cl)N1CC(N2CC(N3Cc4ccccc4C3=O)C2)C1. The van der Waals surface area contributed by atoms with E-state index in [-0.39, 0.29) is 17.9 Å². The molecule has 3 aliphatic heterocycles. The maximum Gasteiger partial charge on any atom is 0.265 e. The maximum absolute atomic E-state index is 13.0. The van der Waals surface area contributed by atoms with Gasteiger partial charge in [0.15, 0.2) is 0 Å². The number of rotatable bonds is 3. The predicted octanol–water partition coefficient (Wildman–Crippen LogP) is 4.48. The van der Waals surface area contributed by atoms with Gasteiger partial charge in [-0.1, -0.05) is 51.8 Å². The zero-order chi connectivity index (χ0) is 21.3. The van der Waals surface area contributed by atoms with Gasteiger partial charge in [-0.25, -0.2) is 0 Å². The van der Waals surface area contributed by atoms with Crippen LogP contribution in [-0.4, -0.2) is 64.8 Å². The van der Waals surface area contributed by atoms with Crippen LogP contribution in [0.2, 0.25) is 5.02 Å². The molecular weight excluding hydrogens is 498 g/mol. The zero-order valence-corrected chi connectivity index (χ0v) is 19.7. The molecule has 0 saturated carbocycles. The smallest absolute Gasteiger partial charge is 0.265 e. The monoisotopic (exact) mass is 515 g/mol. The van der Waals surface area contributed by atoms with Crippen LogP contribution in [0.5, 0.6) is 0 Å². The summed E-state index contributed by atoms with van der Waals surface area (Å²) in [5.41, 5.74) is 1.97. The second-order valence-electron chi connectivity index (χ2n) is 8.45. The molecule has 5 nitrogen and oxygen atoms in total. The van der Waals surface area contributed by atoms with Crippen molar-refractivity contribution in [2.75, 3.05) is 26.2 Å². The fraction of sp³-hybridized carbons (Fsp3) is 0.304. The van der Waals surface area contributed by atoms with E-state index in [4.69, 9.17) is 11.6 Å². The van der Waals surface area contributed by atoms with Crippen molar-refractivity contribution in [1.29, 1.82) is 0 Å². The topological polar surface area (TPSA) is 43.9 Å². The Morgan fingerprint density at radius 3 is 2.61 bits per heavy atom. The molecule has 2 aromatic carbocycles. The highest BCUT2D eigenvalue weighted by atomic mass is 79.9. The largest absolute Gasteiger partial charge is 0.335 e. The molecule has 31 heavy (non-hydrogen) atoms. The Balaban J connectivity index is 1.06. The number of hydrogen-bond acceptors (Lipinski definition) is 4. The summed E-state index contributed by atoms with van der Waals surface area (Å²) < 4.78 is 1.99. The normalized spacial score (nSPS) is 19.6. The van der Waals surface area contributed by atoms with Crippen LogP contribution in [0.25, 0.3) is 10.1 Å². The van der Waals surface area contributed by atoms with Gasteiger partial charge in [-0.3, -0.25) is 14.5 Å². The minimum Gasteiger partial charge on any atom is -0.335 e. The van der Waals surface area contributed by atoms with Gasteiger partial charge in [0.2, 0.25) is 0 Å². The number of amides is 2. The van der Waals surface area contributed by atoms with Crippen molar-refractivity contribution < 1.29 is 9.59 Å². The molecule has 3 aliphatic rings. The molecule has 0 N–H and O–H groups in total. The number of halogens is 2. The number of carbonyl (C=O) groups excluding carboxylic acids is 2. The van der Waals surface area contributed by atoms with E-state index < -0.39 is 0 Å². The van der Waals surface area contributed by atoms with Gasteiger partial charge in [0.1, 0.15) is 4.88 Å². The molecular formula is C23H19BrClN3O2S. The highest BCUT2D eigenvalue weighted by Crippen LogP contribution is 2.38. The second-order valence-corrected chi connectivity index (χ2v) is 10.8. The van der Waals surface area contributed by atoms with E-state index in [1.54, 1.807) is 0 Å².